The van der Waals surface area contributed by atoms with Crippen molar-refractivity contribution in [2.45, 2.75) is 11.3 Å². The molecule has 0 atom stereocenters. The summed E-state index contributed by atoms with van der Waals surface area (Å²) in [7, 11) is 1.96. The monoisotopic (exact) mass is 262 g/mol. The molecule has 0 radical (unpaired) electrons. The van der Waals surface area contributed by atoms with E-state index in [0.717, 1.165) is 22.9 Å². The number of hydrogen-bond acceptors (Lipinski definition) is 3. The minimum absolute atomic E-state index is 0.363. The lowest BCUT2D eigenvalue weighted by Crippen LogP contribution is -2.01. The van der Waals surface area contributed by atoms with Gasteiger partial charge >= 0.3 is 5.97 Å². The zero-order chi connectivity index (χ0) is 13.0. The van der Waals surface area contributed by atoms with E-state index in [1.807, 2.05) is 29.9 Å². The van der Waals surface area contributed by atoms with Crippen LogP contribution in [-0.2, 0) is 13.5 Å². The fourth-order valence-corrected chi connectivity index (χ4v) is 2.65. The number of nitrogens with zero attached hydrogens (tertiary/aromatic N) is 2. The Balaban J connectivity index is 1.99. The molecular formula is C13H14N2O2S. The summed E-state index contributed by atoms with van der Waals surface area (Å²) in [4.78, 5) is 16.1. The molecule has 1 aromatic heterocycles. The van der Waals surface area contributed by atoms with Gasteiger partial charge in [-0.3, -0.25) is 0 Å². The number of benzene rings is 1. The van der Waals surface area contributed by atoms with Crippen molar-refractivity contribution in [2.24, 2.45) is 7.05 Å². The van der Waals surface area contributed by atoms with E-state index >= 15 is 0 Å². The second kappa shape index (κ2) is 5.73. The summed E-state index contributed by atoms with van der Waals surface area (Å²) in [6.45, 7) is 0. The van der Waals surface area contributed by atoms with Crippen LogP contribution in [0.25, 0.3) is 0 Å². The first-order valence-electron chi connectivity index (χ1n) is 5.60. The molecule has 1 heterocycles. The van der Waals surface area contributed by atoms with Gasteiger partial charge < -0.3 is 9.67 Å². The number of thioether (sulfide) groups is 1. The largest absolute Gasteiger partial charge is 0.478 e. The van der Waals surface area contributed by atoms with E-state index in [-0.39, 0.29) is 0 Å². The van der Waals surface area contributed by atoms with Gasteiger partial charge in [-0.1, -0.05) is 12.1 Å². The Kier molecular flexibility index (Phi) is 4.04. The molecule has 1 aromatic carbocycles. The summed E-state index contributed by atoms with van der Waals surface area (Å²) < 4.78 is 1.98. The quantitative estimate of drug-likeness (QED) is 0.841. The molecule has 0 aliphatic rings. The molecule has 94 valence electrons. The molecule has 0 aliphatic carbocycles. The summed E-state index contributed by atoms with van der Waals surface area (Å²) in [5.41, 5.74) is 0.363. The third-order valence-corrected chi connectivity index (χ3v) is 3.70. The number of carbonyl (C=O) groups is 1. The second-order valence-electron chi connectivity index (χ2n) is 3.85. The van der Waals surface area contributed by atoms with Gasteiger partial charge in [0.2, 0.25) is 0 Å². The standard InChI is InChI=1S/C13H14N2O2S/c1-15-8-7-14-12(15)6-9-18-11-5-3-2-4-10(11)13(16)17/h2-5,7-8H,6,9H2,1H3,(H,16,17). The van der Waals surface area contributed by atoms with Crippen LogP contribution >= 0.6 is 11.8 Å². The molecule has 0 bridgehead atoms. The lowest BCUT2D eigenvalue weighted by Gasteiger charge is -2.05. The number of carboxylic acids is 1. The molecule has 0 spiro atoms. The van der Waals surface area contributed by atoms with Crippen LogP contribution in [0, 0.1) is 0 Å². The van der Waals surface area contributed by atoms with Crippen molar-refractivity contribution in [1.29, 1.82) is 0 Å². The summed E-state index contributed by atoms with van der Waals surface area (Å²) in [6.07, 6.45) is 4.50. The maximum atomic E-state index is 11.0. The van der Waals surface area contributed by atoms with Gasteiger partial charge in [-0.05, 0) is 12.1 Å². The summed E-state index contributed by atoms with van der Waals surface area (Å²) in [5.74, 6) is 0.945. The second-order valence-corrected chi connectivity index (χ2v) is 4.99. The van der Waals surface area contributed by atoms with E-state index in [0.29, 0.717) is 5.56 Å². The first-order valence-corrected chi connectivity index (χ1v) is 6.58. The lowest BCUT2D eigenvalue weighted by molar-refractivity contribution is 0.0693. The van der Waals surface area contributed by atoms with E-state index < -0.39 is 5.97 Å². The molecule has 2 rings (SSSR count). The van der Waals surface area contributed by atoms with Crippen molar-refractivity contribution in [3.8, 4) is 0 Å². The molecule has 0 fully saturated rings. The number of aromatic nitrogens is 2. The van der Waals surface area contributed by atoms with E-state index in [2.05, 4.69) is 4.98 Å². The van der Waals surface area contributed by atoms with Gasteiger partial charge in [-0.25, -0.2) is 9.78 Å². The van der Waals surface area contributed by atoms with E-state index in [9.17, 15) is 4.79 Å². The maximum Gasteiger partial charge on any atom is 0.336 e. The minimum Gasteiger partial charge on any atom is -0.478 e. The highest BCUT2D eigenvalue weighted by atomic mass is 32.2. The molecule has 4 nitrogen and oxygen atoms in total. The van der Waals surface area contributed by atoms with Crippen LogP contribution in [0.1, 0.15) is 16.2 Å². The molecule has 5 heteroatoms. The summed E-state index contributed by atoms with van der Waals surface area (Å²) in [6, 6.07) is 7.07. The number of aromatic carboxylic acids is 1. The van der Waals surface area contributed by atoms with Crippen molar-refractivity contribution < 1.29 is 9.90 Å². The SMILES string of the molecule is Cn1ccnc1CCSc1ccccc1C(=O)O. The van der Waals surface area contributed by atoms with E-state index in [1.165, 1.54) is 0 Å². The molecule has 18 heavy (non-hydrogen) atoms. The van der Waals surface area contributed by atoms with Crippen LogP contribution in [0.4, 0.5) is 0 Å². The molecule has 1 N–H and O–H groups in total. The number of hydrogen-bond donors (Lipinski definition) is 1. The Labute approximate surface area is 110 Å². The van der Waals surface area contributed by atoms with Gasteiger partial charge in [0, 0.05) is 36.5 Å². The Morgan fingerprint density at radius 2 is 2.22 bits per heavy atom. The van der Waals surface area contributed by atoms with Gasteiger partial charge in [0.1, 0.15) is 5.82 Å². The fourth-order valence-electron chi connectivity index (χ4n) is 1.66. The zero-order valence-electron chi connectivity index (χ0n) is 10.0. The fraction of sp³-hybridized carbons (Fsp3) is 0.231. The van der Waals surface area contributed by atoms with Crippen LogP contribution in [0.2, 0.25) is 0 Å². The molecule has 0 saturated carbocycles. The number of rotatable bonds is 5. The van der Waals surface area contributed by atoms with Gasteiger partial charge in [0.15, 0.2) is 0 Å². The summed E-state index contributed by atoms with van der Waals surface area (Å²) >= 11 is 1.55. The van der Waals surface area contributed by atoms with Gasteiger partial charge in [0.25, 0.3) is 0 Å². The molecule has 0 saturated heterocycles. The van der Waals surface area contributed by atoms with Gasteiger partial charge in [-0.2, -0.15) is 0 Å². The highest BCUT2D eigenvalue weighted by Crippen LogP contribution is 2.23. The van der Waals surface area contributed by atoms with Crippen molar-refractivity contribution in [3.63, 3.8) is 0 Å². The van der Waals surface area contributed by atoms with E-state index in [4.69, 9.17) is 5.11 Å². The topological polar surface area (TPSA) is 55.1 Å². The Morgan fingerprint density at radius 3 is 2.89 bits per heavy atom. The molecule has 0 unspecified atom stereocenters. The normalized spacial score (nSPS) is 10.5. The van der Waals surface area contributed by atoms with Gasteiger partial charge in [0.05, 0.1) is 5.56 Å². The lowest BCUT2D eigenvalue weighted by atomic mass is 10.2. The Morgan fingerprint density at radius 1 is 1.44 bits per heavy atom. The van der Waals surface area contributed by atoms with E-state index in [1.54, 1.807) is 30.1 Å². The third kappa shape index (κ3) is 2.92. The predicted molar refractivity (Wildman–Crippen MR) is 71.0 cm³/mol. The first kappa shape index (κ1) is 12.7. The van der Waals surface area contributed by atoms with Crippen LogP contribution in [0.5, 0.6) is 0 Å². The first-order chi connectivity index (χ1) is 8.68. The average molecular weight is 262 g/mol. The highest BCUT2D eigenvalue weighted by molar-refractivity contribution is 7.99. The molecule has 0 amide bonds. The molecule has 2 aromatic rings. The molecular weight excluding hydrogens is 248 g/mol. The third-order valence-electron chi connectivity index (χ3n) is 2.62. The zero-order valence-corrected chi connectivity index (χ0v) is 10.9. The Bertz CT molecular complexity index is 551. The van der Waals surface area contributed by atoms with Crippen molar-refractivity contribution in [1.82, 2.24) is 9.55 Å². The smallest absolute Gasteiger partial charge is 0.336 e. The highest BCUT2D eigenvalue weighted by Gasteiger charge is 2.09. The van der Waals surface area contributed by atoms with Crippen LogP contribution in [0.15, 0.2) is 41.6 Å². The predicted octanol–water partition coefficient (Wildman–Crippen LogP) is 2.45. The average Bonchev–Trinajstić information content (AvgIpc) is 2.76. The summed E-state index contributed by atoms with van der Waals surface area (Å²) in [5, 5.41) is 9.06. The van der Waals surface area contributed by atoms with Crippen molar-refractivity contribution in [3.05, 3.63) is 48.0 Å². The minimum atomic E-state index is -0.880. The number of aryl methyl sites for hydroxylation is 2. The number of imidazole rings is 1. The maximum absolute atomic E-state index is 11.0. The Hall–Kier alpha value is -1.75. The van der Waals surface area contributed by atoms with Gasteiger partial charge in [-0.15, -0.1) is 11.8 Å². The molecule has 0 aliphatic heterocycles. The van der Waals surface area contributed by atoms with Crippen molar-refractivity contribution in [2.75, 3.05) is 5.75 Å². The van der Waals surface area contributed by atoms with Crippen LogP contribution in [0.3, 0.4) is 0 Å². The van der Waals surface area contributed by atoms with Crippen molar-refractivity contribution >= 4 is 17.7 Å². The number of carboxylic acid groups (broad SMARTS) is 1. The van der Waals surface area contributed by atoms with Crippen LogP contribution < -0.4 is 0 Å². The van der Waals surface area contributed by atoms with Crippen LogP contribution in [-0.4, -0.2) is 26.4 Å².